The van der Waals surface area contributed by atoms with Crippen LogP contribution in [0.3, 0.4) is 0 Å². The maximum Gasteiger partial charge on any atom is 0.264 e. The van der Waals surface area contributed by atoms with Crippen LogP contribution in [-0.2, 0) is 21.2 Å². The fraction of sp³-hybridized carbons (Fsp3) is 0.269. The first-order valence-corrected chi connectivity index (χ1v) is 12.6. The molecule has 0 radical (unpaired) electrons. The van der Waals surface area contributed by atoms with Crippen LogP contribution in [-0.4, -0.2) is 41.1 Å². The van der Waals surface area contributed by atoms with Gasteiger partial charge in [-0.05, 0) is 48.4 Å². The number of nitrogens with one attached hydrogen (secondary N) is 1. The van der Waals surface area contributed by atoms with E-state index in [-0.39, 0.29) is 23.7 Å². The van der Waals surface area contributed by atoms with E-state index in [0.717, 1.165) is 22.9 Å². The van der Waals surface area contributed by atoms with Crippen molar-refractivity contribution in [2.24, 2.45) is 0 Å². The van der Waals surface area contributed by atoms with Gasteiger partial charge in [0.05, 0.1) is 24.2 Å². The average Bonchev–Trinajstić information content (AvgIpc) is 2.87. The summed E-state index contributed by atoms with van der Waals surface area (Å²) in [6, 6.07) is 22.6. The van der Waals surface area contributed by atoms with Crippen molar-refractivity contribution < 1.29 is 22.7 Å². The molecule has 3 aromatic rings. The van der Waals surface area contributed by atoms with Gasteiger partial charge >= 0.3 is 0 Å². The Morgan fingerprint density at radius 1 is 0.941 bits per heavy atom. The number of carbonyl (C=O) groups is 1. The van der Waals surface area contributed by atoms with Gasteiger partial charge in [-0.3, -0.25) is 9.10 Å². The van der Waals surface area contributed by atoms with E-state index in [9.17, 15) is 13.2 Å². The molecule has 0 heterocycles. The highest BCUT2D eigenvalue weighted by Gasteiger charge is 2.29. The summed E-state index contributed by atoms with van der Waals surface area (Å²) in [6.45, 7) is 2.23. The summed E-state index contributed by atoms with van der Waals surface area (Å²) in [5.74, 6) is 0.619. The van der Waals surface area contributed by atoms with Gasteiger partial charge in [0, 0.05) is 0 Å². The molecule has 3 aromatic carbocycles. The number of amides is 1. The van der Waals surface area contributed by atoms with Crippen LogP contribution in [0.15, 0.2) is 83.8 Å². The topological polar surface area (TPSA) is 84.9 Å². The normalized spacial score (nSPS) is 11.0. The fourth-order valence-corrected chi connectivity index (χ4v) is 4.89. The van der Waals surface area contributed by atoms with Crippen LogP contribution in [0, 0.1) is 0 Å². The summed E-state index contributed by atoms with van der Waals surface area (Å²) in [7, 11) is -2.55. The third-order valence-electron chi connectivity index (χ3n) is 5.13. The average molecular weight is 483 g/mol. The van der Waals surface area contributed by atoms with Gasteiger partial charge in [0.15, 0.2) is 0 Å². The second-order valence-electron chi connectivity index (χ2n) is 7.59. The number of aryl methyl sites for hydroxylation is 1. The number of carbonyl (C=O) groups excluding carboxylic acids is 1. The van der Waals surface area contributed by atoms with Crippen LogP contribution in [0.25, 0.3) is 0 Å². The Balaban J connectivity index is 1.67. The van der Waals surface area contributed by atoms with E-state index >= 15 is 0 Å². The maximum atomic E-state index is 13.4. The molecular weight excluding hydrogens is 452 g/mol. The second-order valence-corrected chi connectivity index (χ2v) is 9.45. The molecule has 3 rings (SSSR count). The number of nitrogens with zero attached hydrogens (tertiary/aromatic N) is 1. The molecule has 180 valence electrons. The van der Waals surface area contributed by atoms with Crippen LogP contribution in [0.2, 0.25) is 0 Å². The summed E-state index contributed by atoms with van der Waals surface area (Å²) in [5.41, 5.74) is 1.53. The van der Waals surface area contributed by atoms with Gasteiger partial charge in [-0.15, -0.1) is 0 Å². The number of hydrogen-bond donors (Lipinski definition) is 1. The predicted octanol–water partition coefficient (Wildman–Crippen LogP) is 4.04. The van der Waals surface area contributed by atoms with Crippen LogP contribution >= 0.6 is 0 Å². The number of ether oxygens (including phenoxy) is 2. The molecule has 1 N–H and O–H groups in total. The number of sulfonamides is 1. The lowest BCUT2D eigenvalue weighted by atomic mass is 10.1. The van der Waals surface area contributed by atoms with E-state index in [4.69, 9.17) is 9.47 Å². The zero-order valence-electron chi connectivity index (χ0n) is 19.4. The molecule has 0 aliphatic rings. The van der Waals surface area contributed by atoms with Gasteiger partial charge in [-0.1, -0.05) is 55.8 Å². The van der Waals surface area contributed by atoms with Crippen LogP contribution in [0.1, 0.15) is 18.9 Å². The van der Waals surface area contributed by atoms with E-state index in [1.54, 1.807) is 42.5 Å². The third kappa shape index (κ3) is 6.51. The van der Waals surface area contributed by atoms with Crippen molar-refractivity contribution in [3.8, 4) is 11.5 Å². The molecule has 0 spiro atoms. The first-order valence-electron chi connectivity index (χ1n) is 11.1. The van der Waals surface area contributed by atoms with Crippen molar-refractivity contribution >= 4 is 21.6 Å². The first kappa shape index (κ1) is 25.1. The highest BCUT2D eigenvalue weighted by Crippen LogP contribution is 2.32. The highest BCUT2D eigenvalue weighted by molar-refractivity contribution is 7.92. The molecular formula is C26H30N2O5S. The fourth-order valence-electron chi connectivity index (χ4n) is 3.44. The molecule has 0 bridgehead atoms. The Bertz CT molecular complexity index is 1170. The lowest BCUT2D eigenvalue weighted by Crippen LogP contribution is -2.42. The summed E-state index contributed by atoms with van der Waals surface area (Å²) < 4.78 is 38.9. The number of para-hydroxylation sites is 2. The lowest BCUT2D eigenvalue weighted by molar-refractivity contribution is -0.119. The summed E-state index contributed by atoms with van der Waals surface area (Å²) in [4.78, 5) is 12.8. The minimum atomic E-state index is -4.00. The van der Waals surface area contributed by atoms with Crippen molar-refractivity contribution in [1.29, 1.82) is 0 Å². The number of rotatable bonds is 12. The molecule has 0 aliphatic heterocycles. The minimum Gasteiger partial charge on any atom is -0.495 e. The number of anilines is 1. The second kappa shape index (κ2) is 12.1. The van der Waals surface area contributed by atoms with Crippen molar-refractivity contribution in [1.82, 2.24) is 5.32 Å². The summed E-state index contributed by atoms with van der Waals surface area (Å²) in [5, 5.41) is 2.74. The standard InChI is InChI=1S/C26H30N2O5S/c1-3-9-21-14-16-22(17-15-21)33-19-18-27-26(29)20-28(24-12-7-8-13-25(24)32-2)34(30,31)23-10-5-4-6-11-23/h4-8,10-17H,3,9,18-20H2,1-2H3,(H,27,29). The Hall–Kier alpha value is -3.52. The van der Waals surface area contributed by atoms with Gasteiger partial charge in [-0.25, -0.2) is 8.42 Å². The van der Waals surface area contributed by atoms with Gasteiger partial charge in [0.2, 0.25) is 5.91 Å². The molecule has 0 saturated heterocycles. The molecule has 0 unspecified atom stereocenters. The van der Waals surface area contributed by atoms with E-state index in [0.29, 0.717) is 5.75 Å². The van der Waals surface area contributed by atoms with Crippen molar-refractivity contribution in [2.45, 2.75) is 24.7 Å². The number of methoxy groups -OCH3 is 1. The van der Waals surface area contributed by atoms with Crippen molar-refractivity contribution in [3.05, 3.63) is 84.4 Å². The summed E-state index contributed by atoms with van der Waals surface area (Å²) in [6.07, 6.45) is 2.10. The molecule has 34 heavy (non-hydrogen) atoms. The van der Waals surface area contributed by atoms with Crippen molar-refractivity contribution in [3.63, 3.8) is 0 Å². The van der Waals surface area contributed by atoms with Crippen LogP contribution in [0.4, 0.5) is 5.69 Å². The molecule has 0 aliphatic carbocycles. The number of benzene rings is 3. The zero-order chi connectivity index (χ0) is 24.4. The first-order chi connectivity index (χ1) is 16.5. The minimum absolute atomic E-state index is 0.0866. The summed E-state index contributed by atoms with van der Waals surface area (Å²) >= 11 is 0. The lowest BCUT2D eigenvalue weighted by Gasteiger charge is -2.25. The molecule has 0 atom stereocenters. The van der Waals surface area contributed by atoms with Crippen molar-refractivity contribution in [2.75, 3.05) is 31.1 Å². The maximum absolute atomic E-state index is 13.4. The van der Waals surface area contributed by atoms with Gasteiger partial charge in [0.25, 0.3) is 10.0 Å². The molecule has 7 nitrogen and oxygen atoms in total. The molecule has 0 saturated carbocycles. The Morgan fingerprint density at radius 3 is 2.29 bits per heavy atom. The van der Waals surface area contributed by atoms with E-state index in [1.165, 1.54) is 24.8 Å². The Kier molecular flexibility index (Phi) is 8.93. The molecule has 0 aromatic heterocycles. The van der Waals surface area contributed by atoms with E-state index < -0.39 is 22.5 Å². The van der Waals surface area contributed by atoms with Crippen LogP contribution in [0.5, 0.6) is 11.5 Å². The van der Waals surface area contributed by atoms with Crippen LogP contribution < -0.4 is 19.1 Å². The Labute approximate surface area is 201 Å². The monoisotopic (exact) mass is 482 g/mol. The third-order valence-corrected chi connectivity index (χ3v) is 6.90. The number of hydrogen-bond acceptors (Lipinski definition) is 5. The molecule has 0 fully saturated rings. The van der Waals surface area contributed by atoms with Gasteiger partial charge in [-0.2, -0.15) is 0 Å². The van der Waals surface area contributed by atoms with Gasteiger partial charge in [0.1, 0.15) is 24.7 Å². The predicted molar refractivity (Wildman–Crippen MR) is 133 cm³/mol. The van der Waals surface area contributed by atoms with E-state index in [2.05, 4.69) is 12.2 Å². The molecule has 1 amide bonds. The largest absolute Gasteiger partial charge is 0.495 e. The van der Waals surface area contributed by atoms with E-state index in [1.807, 2.05) is 24.3 Å². The van der Waals surface area contributed by atoms with Gasteiger partial charge < -0.3 is 14.8 Å². The Morgan fingerprint density at radius 2 is 1.62 bits per heavy atom. The zero-order valence-corrected chi connectivity index (χ0v) is 20.3. The highest BCUT2D eigenvalue weighted by atomic mass is 32.2. The molecule has 8 heteroatoms. The SMILES string of the molecule is CCCc1ccc(OCCNC(=O)CN(c2ccccc2OC)S(=O)(=O)c2ccccc2)cc1. The smallest absolute Gasteiger partial charge is 0.264 e. The quantitative estimate of drug-likeness (QED) is 0.394.